The highest BCUT2D eigenvalue weighted by molar-refractivity contribution is 6.00. The third-order valence-corrected chi connectivity index (χ3v) is 5.77. The van der Waals surface area contributed by atoms with Crippen molar-refractivity contribution in [1.29, 1.82) is 0 Å². The van der Waals surface area contributed by atoms with Gasteiger partial charge in [0.2, 0.25) is 11.8 Å². The number of ether oxygens (including phenoxy) is 2. The van der Waals surface area contributed by atoms with Crippen LogP contribution in [0, 0.1) is 0 Å². The molecule has 0 saturated carbocycles. The summed E-state index contributed by atoms with van der Waals surface area (Å²) in [5.74, 6) is 0.263. The van der Waals surface area contributed by atoms with Crippen LogP contribution in [0.4, 0.5) is 0 Å². The van der Waals surface area contributed by atoms with Crippen molar-refractivity contribution in [2.45, 2.75) is 37.1 Å². The van der Waals surface area contributed by atoms with Gasteiger partial charge in [0, 0.05) is 32.2 Å². The molecule has 3 saturated heterocycles. The molecule has 3 aliphatic heterocycles. The topological polar surface area (TPSA) is 88.2 Å². The number of fused-ring (bicyclic) bond motifs is 2. The van der Waals surface area contributed by atoms with Gasteiger partial charge in [-0.1, -0.05) is 0 Å². The number of carbonyl (C=O) groups excluding carboxylic acids is 3. The molecule has 4 rings (SSSR count). The maximum atomic E-state index is 13.0. The van der Waals surface area contributed by atoms with Crippen molar-refractivity contribution in [2.24, 2.45) is 0 Å². The second kappa shape index (κ2) is 6.84. The fourth-order valence-electron chi connectivity index (χ4n) is 4.30. The molecule has 1 aromatic carbocycles. The van der Waals surface area contributed by atoms with E-state index in [0.29, 0.717) is 37.2 Å². The molecule has 3 aliphatic rings. The van der Waals surface area contributed by atoms with Crippen LogP contribution >= 0.6 is 0 Å². The van der Waals surface area contributed by atoms with E-state index in [1.54, 1.807) is 48.3 Å². The van der Waals surface area contributed by atoms with Gasteiger partial charge in [0.15, 0.2) is 0 Å². The minimum Gasteiger partial charge on any atom is -0.497 e. The van der Waals surface area contributed by atoms with Crippen molar-refractivity contribution < 1.29 is 23.9 Å². The number of rotatable bonds is 4. The molecule has 4 unspecified atom stereocenters. The summed E-state index contributed by atoms with van der Waals surface area (Å²) in [7, 11) is 3.16. The van der Waals surface area contributed by atoms with Crippen LogP contribution in [0.3, 0.4) is 0 Å². The largest absolute Gasteiger partial charge is 0.497 e. The van der Waals surface area contributed by atoms with Crippen molar-refractivity contribution in [1.82, 2.24) is 15.1 Å². The van der Waals surface area contributed by atoms with E-state index in [-0.39, 0.29) is 23.8 Å². The fourth-order valence-corrected chi connectivity index (χ4v) is 4.30. The Morgan fingerprint density at radius 3 is 2.52 bits per heavy atom. The summed E-state index contributed by atoms with van der Waals surface area (Å²) >= 11 is 0. The van der Waals surface area contributed by atoms with Crippen LogP contribution in [0.1, 0.15) is 23.2 Å². The first-order valence-electron chi connectivity index (χ1n) is 9.12. The lowest BCUT2D eigenvalue weighted by molar-refractivity contribution is -0.157. The van der Waals surface area contributed by atoms with Crippen LogP contribution in [0.5, 0.6) is 5.75 Å². The van der Waals surface area contributed by atoms with E-state index >= 15 is 0 Å². The summed E-state index contributed by atoms with van der Waals surface area (Å²) < 4.78 is 10.4. The Morgan fingerprint density at radius 1 is 1.11 bits per heavy atom. The second-order valence-corrected chi connectivity index (χ2v) is 7.17. The van der Waals surface area contributed by atoms with Gasteiger partial charge in [0.05, 0.1) is 19.3 Å². The minimum absolute atomic E-state index is 0.0413. The van der Waals surface area contributed by atoms with E-state index in [4.69, 9.17) is 9.47 Å². The molecule has 27 heavy (non-hydrogen) atoms. The first-order chi connectivity index (χ1) is 13.0. The number of nitrogens with zero attached hydrogens (tertiary/aromatic N) is 2. The van der Waals surface area contributed by atoms with Gasteiger partial charge in [0.1, 0.15) is 17.8 Å². The molecule has 0 aliphatic carbocycles. The quantitative estimate of drug-likeness (QED) is 0.804. The first kappa shape index (κ1) is 17.8. The number of carbonyl (C=O) groups is 3. The van der Waals surface area contributed by atoms with Crippen molar-refractivity contribution in [3.05, 3.63) is 29.8 Å². The number of hydrogen-bond donors (Lipinski definition) is 1. The number of hydrogen-bond acceptors (Lipinski definition) is 5. The Morgan fingerprint density at radius 2 is 1.85 bits per heavy atom. The van der Waals surface area contributed by atoms with Crippen LogP contribution in [-0.2, 0) is 14.3 Å². The molecule has 0 radical (unpaired) electrons. The lowest BCUT2D eigenvalue weighted by Gasteiger charge is -2.40. The molecule has 1 aromatic rings. The first-order valence-corrected chi connectivity index (χ1v) is 9.12. The fraction of sp³-hybridized carbons (Fsp3) is 0.526. The third kappa shape index (κ3) is 2.93. The minimum atomic E-state index is -0.633. The predicted octanol–water partition coefficient (Wildman–Crippen LogP) is 0.0240. The van der Waals surface area contributed by atoms with E-state index in [2.05, 4.69) is 5.32 Å². The predicted molar refractivity (Wildman–Crippen MR) is 95.3 cm³/mol. The van der Waals surface area contributed by atoms with Crippen LogP contribution < -0.4 is 10.1 Å². The molecular formula is C19H23N3O5. The van der Waals surface area contributed by atoms with E-state index in [1.807, 2.05) is 0 Å². The van der Waals surface area contributed by atoms with Crippen molar-refractivity contribution >= 4 is 17.7 Å². The molecule has 3 fully saturated rings. The zero-order chi connectivity index (χ0) is 19.1. The Bertz CT molecular complexity index is 765. The molecule has 0 aromatic heterocycles. The molecular weight excluding hydrogens is 350 g/mol. The maximum absolute atomic E-state index is 13.0. The van der Waals surface area contributed by atoms with Gasteiger partial charge in [-0.3, -0.25) is 14.4 Å². The van der Waals surface area contributed by atoms with Crippen LogP contribution in [0.15, 0.2) is 24.3 Å². The highest BCUT2D eigenvalue weighted by Gasteiger charge is 2.55. The number of methoxy groups -OCH3 is 2. The summed E-state index contributed by atoms with van der Waals surface area (Å²) in [4.78, 5) is 41.7. The Hall–Kier alpha value is -2.61. The molecule has 8 nitrogen and oxygen atoms in total. The smallest absolute Gasteiger partial charge is 0.251 e. The zero-order valence-electron chi connectivity index (χ0n) is 15.4. The standard InChI is InChI=1S/C19H23N3O5/c1-26-12-5-3-11(4-6-12)17(23)20-14-7-8-21-16(14)19(25)22-10-13(27-2)9-15(22)18(21)24/h3-6,13-16H,7-10H2,1-2H3,(H,20,23). The van der Waals surface area contributed by atoms with Crippen LogP contribution in [0.2, 0.25) is 0 Å². The van der Waals surface area contributed by atoms with Crippen molar-refractivity contribution in [3.63, 3.8) is 0 Å². The maximum Gasteiger partial charge on any atom is 0.251 e. The molecule has 1 N–H and O–H groups in total. The molecule has 0 bridgehead atoms. The second-order valence-electron chi connectivity index (χ2n) is 7.17. The summed E-state index contributed by atoms with van der Waals surface area (Å²) in [6, 6.07) is 5.32. The molecule has 0 spiro atoms. The van der Waals surface area contributed by atoms with Gasteiger partial charge in [-0.25, -0.2) is 0 Å². The number of benzene rings is 1. The lowest BCUT2D eigenvalue weighted by atomic mass is 10.0. The Kier molecular flexibility index (Phi) is 4.51. The average Bonchev–Trinajstić information content (AvgIpc) is 3.31. The summed E-state index contributed by atoms with van der Waals surface area (Å²) in [6.45, 7) is 0.903. The monoisotopic (exact) mass is 373 g/mol. The number of nitrogens with one attached hydrogen (secondary N) is 1. The van der Waals surface area contributed by atoms with E-state index in [1.165, 1.54) is 0 Å². The molecule has 8 heteroatoms. The lowest BCUT2D eigenvalue weighted by Crippen LogP contribution is -2.64. The van der Waals surface area contributed by atoms with Crippen molar-refractivity contribution in [2.75, 3.05) is 27.3 Å². The molecule has 144 valence electrons. The zero-order valence-corrected chi connectivity index (χ0v) is 15.4. The summed E-state index contributed by atoms with van der Waals surface area (Å²) in [6.07, 6.45) is 0.987. The van der Waals surface area contributed by atoms with E-state index in [0.717, 1.165) is 0 Å². The van der Waals surface area contributed by atoms with Crippen molar-refractivity contribution in [3.8, 4) is 5.75 Å². The van der Waals surface area contributed by atoms with Crippen LogP contribution in [-0.4, -0.2) is 79.1 Å². The third-order valence-electron chi connectivity index (χ3n) is 5.77. The van der Waals surface area contributed by atoms with Gasteiger partial charge >= 0.3 is 0 Å². The SMILES string of the molecule is COc1ccc(C(=O)NC2CCN3C(=O)C4CC(OC)CN4C(=O)C23)cc1. The van der Waals surface area contributed by atoms with Gasteiger partial charge in [-0.15, -0.1) is 0 Å². The molecule has 3 heterocycles. The highest BCUT2D eigenvalue weighted by atomic mass is 16.5. The van der Waals surface area contributed by atoms with E-state index in [9.17, 15) is 14.4 Å². The van der Waals surface area contributed by atoms with Gasteiger partial charge in [-0.2, -0.15) is 0 Å². The molecule has 3 amide bonds. The molecule has 4 atom stereocenters. The van der Waals surface area contributed by atoms with Gasteiger partial charge in [0.25, 0.3) is 5.91 Å². The van der Waals surface area contributed by atoms with Gasteiger partial charge in [-0.05, 0) is 30.7 Å². The van der Waals surface area contributed by atoms with E-state index < -0.39 is 18.1 Å². The number of piperazine rings is 1. The Labute approximate surface area is 157 Å². The Balaban J connectivity index is 1.50. The normalized spacial score (nSPS) is 29.6. The number of amides is 3. The summed E-state index contributed by atoms with van der Waals surface area (Å²) in [5, 5.41) is 2.94. The van der Waals surface area contributed by atoms with Crippen LogP contribution in [0.25, 0.3) is 0 Å². The highest BCUT2D eigenvalue weighted by Crippen LogP contribution is 2.33. The van der Waals surface area contributed by atoms with Gasteiger partial charge < -0.3 is 24.6 Å². The average molecular weight is 373 g/mol. The summed E-state index contributed by atoms with van der Waals surface area (Å²) in [5.41, 5.74) is 0.488.